The van der Waals surface area contributed by atoms with Gasteiger partial charge in [-0.1, -0.05) is 0 Å². The summed E-state index contributed by atoms with van der Waals surface area (Å²) in [6.07, 6.45) is 1.81. The number of aryl methyl sites for hydroxylation is 1. The zero-order chi connectivity index (χ0) is 12.4. The van der Waals surface area contributed by atoms with Gasteiger partial charge in [-0.25, -0.2) is 0 Å². The number of anilines is 1. The molecule has 2 rings (SSSR count). The summed E-state index contributed by atoms with van der Waals surface area (Å²) in [5, 5.41) is 7.58. The third-order valence-electron chi connectivity index (χ3n) is 2.71. The van der Waals surface area contributed by atoms with E-state index in [2.05, 4.69) is 31.3 Å². The van der Waals surface area contributed by atoms with Crippen molar-refractivity contribution in [3.05, 3.63) is 39.9 Å². The first-order valence-electron chi connectivity index (χ1n) is 5.44. The van der Waals surface area contributed by atoms with E-state index in [1.807, 2.05) is 43.9 Å². The van der Waals surface area contributed by atoms with Gasteiger partial charge < -0.3 is 5.32 Å². The van der Waals surface area contributed by atoms with Gasteiger partial charge in [0.2, 0.25) is 0 Å². The highest BCUT2D eigenvalue weighted by atomic mass is 79.9. The van der Waals surface area contributed by atoms with E-state index < -0.39 is 0 Å². The molecule has 0 saturated heterocycles. The summed E-state index contributed by atoms with van der Waals surface area (Å²) in [5.74, 6) is 0. The molecule has 0 aliphatic heterocycles. The number of hydrogen-bond donors (Lipinski definition) is 1. The largest absolute Gasteiger partial charge is 0.388 e. The molecule has 0 aromatic carbocycles. The number of halogens is 1. The van der Waals surface area contributed by atoms with Crippen LogP contribution in [-0.2, 0) is 6.54 Å². The van der Waals surface area contributed by atoms with Crippen molar-refractivity contribution in [2.75, 3.05) is 12.4 Å². The molecule has 0 spiro atoms. The molecule has 5 heteroatoms. The normalized spacial score (nSPS) is 10.6. The monoisotopic (exact) mass is 294 g/mol. The van der Waals surface area contributed by atoms with Crippen LogP contribution in [0.1, 0.15) is 17.1 Å². The first kappa shape index (κ1) is 12.1. The number of nitrogens with zero attached hydrogens (tertiary/aromatic N) is 3. The smallest absolute Gasteiger partial charge is 0.0835 e. The van der Waals surface area contributed by atoms with Crippen LogP contribution in [0.4, 0.5) is 5.69 Å². The average molecular weight is 295 g/mol. The van der Waals surface area contributed by atoms with Crippen molar-refractivity contribution >= 4 is 21.6 Å². The maximum atomic E-state index is 4.47. The Morgan fingerprint density at radius 2 is 2.18 bits per heavy atom. The van der Waals surface area contributed by atoms with E-state index in [4.69, 9.17) is 0 Å². The molecule has 2 aromatic rings. The molecule has 17 heavy (non-hydrogen) atoms. The lowest BCUT2D eigenvalue weighted by Crippen LogP contribution is -2.06. The summed E-state index contributed by atoms with van der Waals surface area (Å²) in [7, 11) is 1.90. The average Bonchev–Trinajstić information content (AvgIpc) is 2.57. The quantitative estimate of drug-likeness (QED) is 0.946. The Labute approximate surface area is 109 Å². The first-order valence-corrected chi connectivity index (χ1v) is 6.23. The Morgan fingerprint density at radius 3 is 2.76 bits per heavy atom. The van der Waals surface area contributed by atoms with Crippen molar-refractivity contribution in [1.29, 1.82) is 0 Å². The Bertz CT molecular complexity index is 533. The molecule has 90 valence electrons. The van der Waals surface area contributed by atoms with E-state index in [0.29, 0.717) is 6.54 Å². The van der Waals surface area contributed by atoms with Gasteiger partial charge in [0.05, 0.1) is 28.1 Å². The lowest BCUT2D eigenvalue weighted by atomic mass is 10.3. The van der Waals surface area contributed by atoms with Crippen molar-refractivity contribution in [1.82, 2.24) is 14.8 Å². The van der Waals surface area contributed by atoms with E-state index in [-0.39, 0.29) is 0 Å². The second kappa shape index (κ2) is 4.87. The summed E-state index contributed by atoms with van der Waals surface area (Å²) in [6, 6.07) is 3.98. The Morgan fingerprint density at radius 1 is 1.41 bits per heavy atom. The van der Waals surface area contributed by atoms with Gasteiger partial charge in [-0.05, 0) is 41.9 Å². The van der Waals surface area contributed by atoms with Crippen LogP contribution in [0, 0.1) is 13.8 Å². The Kier molecular flexibility index (Phi) is 3.47. The van der Waals surface area contributed by atoms with E-state index in [1.165, 1.54) is 0 Å². The van der Waals surface area contributed by atoms with E-state index in [0.717, 1.165) is 27.2 Å². The molecule has 0 aliphatic carbocycles. The second-order valence-electron chi connectivity index (χ2n) is 3.93. The van der Waals surface area contributed by atoms with Crippen LogP contribution in [-0.4, -0.2) is 21.8 Å². The van der Waals surface area contributed by atoms with Gasteiger partial charge >= 0.3 is 0 Å². The lowest BCUT2D eigenvalue weighted by molar-refractivity contribution is 0.647. The molecule has 0 amide bonds. The molecule has 2 aromatic heterocycles. The van der Waals surface area contributed by atoms with Gasteiger partial charge in [-0.3, -0.25) is 9.67 Å². The van der Waals surface area contributed by atoms with E-state index >= 15 is 0 Å². The topological polar surface area (TPSA) is 42.7 Å². The summed E-state index contributed by atoms with van der Waals surface area (Å²) < 4.78 is 3.03. The van der Waals surface area contributed by atoms with Gasteiger partial charge in [0, 0.05) is 18.9 Å². The first-order chi connectivity index (χ1) is 8.11. The van der Waals surface area contributed by atoms with Crippen molar-refractivity contribution in [3.63, 3.8) is 0 Å². The SMILES string of the molecule is CNc1ccnc(Cn2nc(C)c(Br)c2C)c1. The Balaban J connectivity index is 2.28. The van der Waals surface area contributed by atoms with Crippen molar-refractivity contribution in [3.8, 4) is 0 Å². The predicted molar refractivity (Wildman–Crippen MR) is 72.3 cm³/mol. The minimum absolute atomic E-state index is 0.688. The third-order valence-corrected chi connectivity index (χ3v) is 3.86. The molecular weight excluding hydrogens is 280 g/mol. The molecular formula is C12H15BrN4. The highest BCUT2D eigenvalue weighted by molar-refractivity contribution is 9.10. The fourth-order valence-corrected chi connectivity index (χ4v) is 1.99. The maximum absolute atomic E-state index is 4.47. The molecule has 1 N–H and O–H groups in total. The van der Waals surface area contributed by atoms with Gasteiger partial charge in [0.25, 0.3) is 0 Å². The highest BCUT2D eigenvalue weighted by Crippen LogP contribution is 2.20. The molecule has 0 unspecified atom stereocenters. The van der Waals surface area contributed by atoms with Crippen LogP contribution < -0.4 is 5.32 Å². The van der Waals surface area contributed by atoms with Gasteiger partial charge in [-0.2, -0.15) is 5.10 Å². The molecule has 0 radical (unpaired) electrons. The standard InChI is InChI=1S/C12H15BrN4/c1-8-12(13)9(2)17(16-8)7-11-6-10(14-3)4-5-15-11/h4-6H,7H2,1-3H3,(H,14,15). The summed E-state index contributed by atoms with van der Waals surface area (Å²) in [6.45, 7) is 4.73. The second-order valence-corrected chi connectivity index (χ2v) is 4.72. The highest BCUT2D eigenvalue weighted by Gasteiger charge is 2.09. The number of hydrogen-bond acceptors (Lipinski definition) is 3. The number of nitrogens with one attached hydrogen (secondary N) is 1. The van der Waals surface area contributed by atoms with Crippen molar-refractivity contribution in [2.45, 2.75) is 20.4 Å². The number of aromatic nitrogens is 3. The number of rotatable bonds is 3. The molecule has 0 atom stereocenters. The Hall–Kier alpha value is -1.36. The van der Waals surface area contributed by atoms with Gasteiger partial charge in [-0.15, -0.1) is 0 Å². The fraction of sp³-hybridized carbons (Fsp3) is 0.333. The molecule has 0 fully saturated rings. The van der Waals surface area contributed by atoms with Crippen LogP contribution >= 0.6 is 15.9 Å². The maximum Gasteiger partial charge on any atom is 0.0835 e. The molecule has 0 saturated carbocycles. The molecule has 0 bridgehead atoms. The van der Waals surface area contributed by atoms with Crippen LogP contribution in [0.3, 0.4) is 0 Å². The zero-order valence-electron chi connectivity index (χ0n) is 10.2. The summed E-state index contributed by atoms with van der Waals surface area (Å²) in [4.78, 5) is 4.35. The van der Waals surface area contributed by atoms with Gasteiger partial charge in [0.1, 0.15) is 0 Å². The number of pyridine rings is 1. The lowest BCUT2D eigenvalue weighted by Gasteiger charge is -2.06. The van der Waals surface area contributed by atoms with Crippen LogP contribution in [0.15, 0.2) is 22.8 Å². The van der Waals surface area contributed by atoms with Crippen LogP contribution in [0.2, 0.25) is 0 Å². The van der Waals surface area contributed by atoms with Crippen molar-refractivity contribution in [2.24, 2.45) is 0 Å². The summed E-state index contributed by atoms with van der Waals surface area (Å²) >= 11 is 3.53. The molecule has 2 heterocycles. The third kappa shape index (κ3) is 2.49. The van der Waals surface area contributed by atoms with E-state index in [1.54, 1.807) is 0 Å². The fourth-order valence-electron chi connectivity index (χ4n) is 1.70. The summed E-state index contributed by atoms with van der Waals surface area (Å²) in [5.41, 5.74) is 4.19. The minimum Gasteiger partial charge on any atom is -0.388 e. The van der Waals surface area contributed by atoms with Crippen molar-refractivity contribution < 1.29 is 0 Å². The van der Waals surface area contributed by atoms with Crippen LogP contribution in [0.25, 0.3) is 0 Å². The van der Waals surface area contributed by atoms with E-state index in [9.17, 15) is 0 Å². The molecule has 0 aliphatic rings. The zero-order valence-corrected chi connectivity index (χ0v) is 11.7. The van der Waals surface area contributed by atoms with Crippen LogP contribution in [0.5, 0.6) is 0 Å². The predicted octanol–water partition coefficient (Wildman–Crippen LogP) is 2.75. The molecule has 4 nitrogen and oxygen atoms in total. The minimum atomic E-state index is 0.688. The van der Waals surface area contributed by atoms with Gasteiger partial charge in [0.15, 0.2) is 0 Å².